The zero-order valence-electron chi connectivity index (χ0n) is 19.0. The monoisotopic (exact) mass is 445 g/mol. The molecule has 0 radical (unpaired) electrons. The molecule has 1 saturated heterocycles. The van der Waals surface area contributed by atoms with Crippen LogP contribution in [0.1, 0.15) is 43.5 Å². The van der Waals surface area contributed by atoms with Gasteiger partial charge in [-0.3, -0.25) is 14.2 Å². The summed E-state index contributed by atoms with van der Waals surface area (Å²) in [5.41, 5.74) is 2.06. The van der Waals surface area contributed by atoms with E-state index < -0.39 is 0 Å². The van der Waals surface area contributed by atoms with Gasteiger partial charge in [-0.2, -0.15) is 0 Å². The quantitative estimate of drug-likeness (QED) is 0.596. The normalized spacial score (nSPS) is 16.9. The highest BCUT2D eigenvalue weighted by atomic mass is 16.5. The molecule has 1 fully saturated rings. The third kappa shape index (κ3) is 4.95. The Morgan fingerprint density at radius 3 is 2.64 bits per heavy atom. The van der Waals surface area contributed by atoms with E-state index in [4.69, 9.17) is 9.72 Å². The van der Waals surface area contributed by atoms with E-state index >= 15 is 0 Å². The van der Waals surface area contributed by atoms with E-state index in [9.17, 15) is 9.59 Å². The molecule has 0 N–H and O–H groups in total. The van der Waals surface area contributed by atoms with Crippen LogP contribution < -0.4 is 10.3 Å². The number of hydrogen-bond donors (Lipinski definition) is 0. The number of piperidine rings is 1. The van der Waals surface area contributed by atoms with Crippen molar-refractivity contribution in [2.24, 2.45) is 5.92 Å². The van der Waals surface area contributed by atoms with Gasteiger partial charge in [0.1, 0.15) is 11.6 Å². The highest BCUT2D eigenvalue weighted by Crippen LogP contribution is 2.23. The van der Waals surface area contributed by atoms with Gasteiger partial charge in [0.25, 0.3) is 11.5 Å². The van der Waals surface area contributed by atoms with Crippen molar-refractivity contribution in [2.45, 2.75) is 51.5 Å². The molecule has 3 heterocycles. The van der Waals surface area contributed by atoms with Gasteiger partial charge in [0.15, 0.2) is 6.61 Å². The third-order valence-electron chi connectivity index (χ3n) is 6.98. The number of fused-ring (bicyclic) bond motifs is 2. The predicted octanol–water partition coefficient (Wildman–Crippen LogP) is 3.98. The molecule has 0 aliphatic carbocycles. The zero-order valence-corrected chi connectivity index (χ0v) is 19.0. The summed E-state index contributed by atoms with van der Waals surface area (Å²) in [6, 6.07) is 15.9. The average molecular weight is 446 g/mol. The lowest BCUT2D eigenvalue weighted by Gasteiger charge is -2.32. The second-order valence-electron chi connectivity index (χ2n) is 9.28. The van der Waals surface area contributed by atoms with Gasteiger partial charge in [-0.1, -0.05) is 36.8 Å². The van der Waals surface area contributed by atoms with Gasteiger partial charge < -0.3 is 9.64 Å². The minimum Gasteiger partial charge on any atom is -0.484 e. The summed E-state index contributed by atoms with van der Waals surface area (Å²) in [5, 5.41) is 0.562. The molecule has 2 aliphatic heterocycles. The van der Waals surface area contributed by atoms with Crippen LogP contribution >= 0.6 is 0 Å². The molecule has 1 aromatic heterocycles. The second kappa shape index (κ2) is 9.77. The van der Waals surface area contributed by atoms with Crippen LogP contribution in [0.15, 0.2) is 53.3 Å². The number of aromatic nitrogens is 2. The third-order valence-corrected chi connectivity index (χ3v) is 6.98. The fraction of sp³-hybridized carbons (Fsp3) is 0.444. The molecular formula is C27H31N3O3. The number of benzene rings is 2. The Morgan fingerprint density at radius 1 is 1.00 bits per heavy atom. The minimum atomic E-state index is -0.00540. The highest BCUT2D eigenvalue weighted by molar-refractivity contribution is 5.80. The SMILES string of the molecule is O=C(COc1ccc2nc3n(c(=O)c2c1)CCCCC3)N1CCC(Cc2ccccc2)CC1. The van der Waals surface area contributed by atoms with E-state index in [1.54, 1.807) is 6.07 Å². The number of carbonyl (C=O) groups excluding carboxylic acids is 1. The van der Waals surface area contributed by atoms with Crippen LogP contribution in [0.4, 0.5) is 0 Å². The maximum absolute atomic E-state index is 13.0. The molecule has 6 heteroatoms. The summed E-state index contributed by atoms with van der Waals surface area (Å²) in [5.74, 6) is 2.05. The molecule has 1 amide bonds. The van der Waals surface area contributed by atoms with E-state index in [-0.39, 0.29) is 18.1 Å². The average Bonchev–Trinajstić information content (AvgIpc) is 3.10. The van der Waals surface area contributed by atoms with Gasteiger partial charge in [-0.25, -0.2) is 4.98 Å². The van der Waals surface area contributed by atoms with Crippen LogP contribution in [0.2, 0.25) is 0 Å². The number of rotatable bonds is 5. The summed E-state index contributed by atoms with van der Waals surface area (Å²) in [6.07, 6.45) is 7.16. The van der Waals surface area contributed by atoms with Gasteiger partial charge in [0, 0.05) is 26.1 Å². The van der Waals surface area contributed by atoms with E-state index in [0.29, 0.717) is 22.6 Å². The Balaban J connectivity index is 1.19. The lowest BCUT2D eigenvalue weighted by molar-refractivity contribution is -0.134. The van der Waals surface area contributed by atoms with Crippen LogP contribution in [-0.2, 0) is 24.2 Å². The maximum atomic E-state index is 13.0. The Bertz CT molecular complexity index is 1180. The van der Waals surface area contributed by atoms with Crippen molar-refractivity contribution in [3.8, 4) is 5.75 Å². The van der Waals surface area contributed by atoms with Crippen molar-refractivity contribution in [1.82, 2.24) is 14.5 Å². The van der Waals surface area contributed by atoms with Crippen LogP contribution in [0, 0.1) is 5.92 Å². The molecule has 6 nitrogen and oxygen atoms in total. The van der Waals surface area contributed by atoms with E-state index in [1.807, 2.05) is 27.7 Å². The molecular weight excluding hydrogens is 414 g/mol. The van der Waals surface area contributed by atoms with E-state index in [2.05, 4.69) is 24.3 Å². The molecule has 0 saturated carbocycles. The standard InChI is InChI=1S/C27H31N3O3/c31-26(29-15-12-21(13-16-29)17-20-7-3-1-4-8-20)19-33-22-10-11-24-23(18-22)27(32)30-14-6-2-5-9-25(30)28-24/h1,3-4,7-8,10-11,18,21H,2,5-6,9,12-17,19H2. The van der Waals surface area contributed by atoms with Crippen molar-refractivity contribution >= 4 is 16.8 Å². The maximum Gasteiger partial charge on any atom is 0.261 e. The molecule has 0 bridgehead atoms. The van der Waals surface area contributed by atoms with Crippen LogP contribution in [-0.4, -0.2) is 40.1 Å². The molecule has 0 unspecified atom stereocenters. The van der Waals surface area contributed by atoms with Crippen molar-refractivity contribution in [3.05, 3.63) is 70.3 Å². The highest BCUT2D eigenvalue weighted by Gasteiger charge is 2.23. The van der Waals surface area contributed by atoms with Crippen LogP contribution in [0.25, 0.3) is 10.9 Å². The number of nitrogens with zero attached hydrogens (tertiary/aromatic N) is 3. The zero-order chi connectivity index (χ0) is 22.6. The Morgan fingerprint density at radius 2 is 1.82 bits per heavy atom. The molecule has 33 heavy (non-hydrogen) atoms. The smallest absolute Gasteiger partial charge is 0.261 e. The summed E-state index contributed by atoms with van der Waals surface area (Å²) in [7, 11) is 0. The number of amides is 1. The number of ether oxygens (including phenoxy) is 1. The van der Waals surface area contributed by atoms with Gasteiger partial charge >= 0.3 is 0 Å². The molecule has 0 spiro atoms. The number of hydrogen-bond acceptors (Lipinski definition) is 4. The minimum absolute atomic E-state index is 0.00466. The first kappa shape index (κ1) is 21.7. The fourth-order valence-corrected chi connectivity index (χ4v) is 5.06. The molecule has 172 valence electrons. The van der Waals surface area contributed by atoms with E-state index in [0.717, 1.165) is 70.4 Å². The van der Waals surface area contributed by atoms with Gasteiger partial charge in [0.05, 0.1) is 10.9 Å². The molecule has 2 aromatic carbocycles. The summed E-state index contributed by atoms with van der Waals surface area (Å²) >= 11 is 0. The largest absolute Gasteiger partial charge is 0.484 e. The fourth-order valence-electron chi connectivity index (χ4n) is 5.06. The lowest BCUT2D eigenvalue weighted by Crippen LogP contribution is -2.41. The summed E-state index contributed by atoms with van der Waals surface area (Å²) in [4.78, 5) is 32.4. The Kier molecular flexibility index (Phi) is 6.42. The van der Waals surface area contributed by atoms with Crippen molar-refractivity contribution < 1.29 is 9.53 Å². The number of carbonyl (C=O) groups is 1. The van der Waals surface area contributed by atoms with Gasteiger partial charge in [-0.15, -0.1) is 0 Å². The first-order chi connectivity index (χ1) is 16.2. The van der Waals surface area contributed by atoms with Crippen LogP contribution in [0.3, 0.4) is 0 Å². The molecule has 3 aromatic rings. The van der Waals surface area contributed by atoms with Crippen molar-refractivity contribution in [2.75, 3.05) is 19.7 Å². The Labute approximate surface area is 194 Å². The number of aryl methyl sites for hydroxylation is 1. The van der Waals surface area contributed by atoms with Gasteiger partial charge in [0.2, 0.25) is 0 Å². The topological polar surface area (TPSA) is 64.4 Å². The number of likely N-dealkylation sites (tertiary alicyclic amines) is 1. The first-order valence-corrected chi connectivity index (χ1v) is 12.2. The Hall–Kier alpha value is -3.15. The van der Waals surface area contributed by atoms with Crippen LogP contribution in [0.5, 0.6) is 5.75 Å². The second-order valence-corrected chi connectivity index (χ2v) is 9.28. The van der Waals surface area contributed by atoms with Gasteiger partial charge in [-0.05, 0) is 61.8 Å². The molecule has 2 aliphatic rings. The first-order valence-electron chi connectivity index (χ1n) is 12.2. The molecule has 5 rings (SSSR count). The lowest BCUT2D eigenvalue weighted by atomic mass is 9.90. The summed E-state index contributed by atoms with van der Waals surface area (Å²) in [6.45, 7) is 2.26. The molecule has 0 atom stereocenters. The van der Waals surface area contributed by atoms with E-state index in [1.165, 1.54) is 5.56 Å². The van der Waals surface area contributed by atoms with Crippen molar-refractivity contribution in [1.29, 1.82) is 0 Å². The summed E-state index contributed by atoms with van der Waals surface area (Å²) < 4.78 is 7.62. The van der Waals surface area contributed by atoms with Crippen molar-refractivity contribution in [3.63, 3.8) is 0 Å². The predicted molar refractivity (Wildman–Crippen MR) is 129 cm³/mol.